The van der Waals surface area contributed by atoms with E-state index in [0.29, 0.717) is 0 Å². The fraction of sp³-hybridized carbons (Fsp3) is 0. The standard InChI is InChI=1S/C32H21N2OPS2/c35-36(24-11-3-1-4-12-24,25-13-5-2-6-14-25)26-15-9-10-22(20-26)23-18-19-29-30(21-23)38-32-31(37-29)33-27-16-7-8-17-28(27)34-32/h1-21H. The van der Waals surface area contributed by atoms with Crippen molar-refractivity contribution in [2.75, 3.05) is 0 Å². The fourth-order valence-electron chi connectivity index (χ4n) is 4.77. The van der Waals surface area contributed by atoms with Crippen LogP contribution in [0, 0.1) is 0 Å². The van der Waals surface area contributed by atoms with Crippen molar-refractivity contribution in [3.8, 4) is 11.1 Å². The van der Waals surface area contributed by atoms with Gasteiger partial charge < -0.3 is 4.57 Å². The summed E-state index contributed by atoms with van der Waals surface area (Å²) in [6.07, 6.45) is 0. The Morgan fingerprint density at radius 3 is 1.63 bits per heavy atom. The Morgan fingerprint density at radius 1 is 0.474 bits per heavy atom. The van der Waals surface area contributed by atoms with Gasteiger partial charge in [-0.2, -0.15) is 0 Å². The Balaban J connectivity index is 1.30. The van der Waals surface area contributed by atoms with Gasteiger partial charge in [-0.05, 0) is 41.5 Å². The van der Waals surface area contributed by atoms with E-state index in [1.807, 2.05) is 97.1 Å². The highest BCUT2D eigenvalue weighted by Crippen LogP contribution is 2.48. The lowest BCUT2D eigenvalue weighted by molar-refractivity contribution is 0.592. The van der Waals surface area contributed by atoms with Crippen LogP contribution in [0.3, 0.4) is 0 Å². The first-order valence-electron chi connectivity index (χ1n) is 12.3. The zero-order valence-corrected chi connectivity index (χ0v) is 22.7. The van der Waals surface area contributed by atoms with E-state index < -0.39 is 7.14 Å². The van der Waals surface area contributed by atoms with Gasteiger partial charge in [-0.3, -0.25) is 0 Å². The van der Waals surface area contributed by atoms with Gasteiger partial charge in [0, 0.05) is 25.7 Å². The topological polar surface area (TPSA) is 42.9 Å². The molecule has 7 rings (SSSR count). The summed E-state index contributed by atoms with van der Waals surface area (Å²) in [5.41, 5.74) is 3.95. The second kappa shape index (κ2) is 9.59. The number of nitrogens with zero attached hydrogens (tertiary/aromatic N) is 2. The number of rotatable bonds is 4. The van der Waals surface area contributed by atoms with Crippen molar-refractivity contribution in [1.29, 1.82) is 0 Å². The minimum Gasteiger partial charge on any atom is -0.309 e. The molecule has 1 aliphatic heterocycles. The minimum atomic E-state index is -3.04. The van der Waals surface area contributed by atoms with Gasteiger partial charge in [-0.1, -0.05) is 121 Å². The first-order valence-corrected chi connectivity index (χ1v) is 15.6. The van der Waals surface area contributed by atoms with Crippen molar-refractivity contribution < 1.29 is 4.57 Å². The van der Waals surface area contributed by atoms with Crippen LogP contribution in [0.4, 0.5) is 0 Å². The van der Waals surface area contributed by atoms with Gasteiger partial charge in [-0.15, -0.1) is 0 Å². The molecule has 0 radical (unpaired) electrons. The third kappa shape index (κ3) is 4.08. The van der Waals surface area contributed by atoms with Crippen LogP contribution in [0.15, 0.2) is 147 Å². The van der Waals surface area contributed by atoms with Crippen LogP contribution in [0.25, 0.3) is 22.2 Å². The number of para-hydroxylation sites is 2. The highest BCUT2D eigenvalue weighted by atomic mass is 32.2. The first-order chi connectivity index (χ1) is 18.7. The Kier molecular flexibility index (Phi) is 5.93. The van der Waals surface area contributed by atoms with Crippen LogP contribution in [-0.2, 0) is 4.57 Å². The normalized spacial score (nSPS) is 12.6. The van der Waals surface area contributed by atoms with E-state index in [1.54, 1.807) is 23.5 Å². The van der Waals surface area contributed by atoms with Crippen LogP contribution < -0.4 is 15.9 Å². The second-order valence-electron chi connectivity index (χ2n) is 9.02. The van der Waals surface area contributed by atoms with Crippen molar-refractivity contribution in [3.63, 3.8) is 0 Å². The van der Waals surface area contributed by atoms with Crippen LogP contribution in [0.5, 0.6) is 0 Å². The molecule has 5 aromatic carbocycles. The van der Waals surface area contributed by atoms with Gasteiger partial charge in [0.1, 0.15) is 10.1 Å². The second-order valence-corrected chi connectivity index (χ2v) is 13.8. The summed E-state index contributed by atoms with van der Waals surface area (Å²) in [7, 11) is -3.04. The van der Waals surface area contributed by atoms with Gasteiger partial charge in [-0.25, -0.2) is 9.97 Å². The van der Waals surface area contributed by atoms with E-state index in [1.165, 1.54) is 4.90 Å². The van der Waals surface area contributed by atoms with Crippen molar-refractivity contribution in [1.82, 2.24) is 9.97 Å². The highest BCUT2D eigenvalue weighted by Gasteiger charge is 2.30. The van der Waals surface area contributed by atoms with E-state index in [0.717, 1.165) is 53.0 Å². The minimum absolute atomic E-state index is 0.829. The van der Waals surface area contributed by atoms with Crippen molar-refractivity contribution in [2.24, 2.45) is 0 Å². The van der Waals surface area contributed by atoms with Crippen molar-refractivity contribution >= 4 is 57.6 Å². The van der Waals surface area contributed by atoms with Crippen molar-refractivity contribution in [3.05, 3.63) is 127 Å². The molecule has 2 heterocycles. The molecular formula is C32H21N2OPS2. The molecule has 0 unspecified atom stereocenters. The van der Waals surface area contributed by atoms with Crippen LogP contribution in [0.2, 0.25) is 0 Å². The summed E-state index contributed by atoms with van der Waals surface area (Å²) in [6, 6.07) is 42.3. The summed E-state index contributed by atoms with van der Waals surface area (Å²) >= 11 is 3.32. The molecule has 0 atom stereocenters. The van der Waals surface area contributed by atoms with E-state index in [-0.39, 0.29) is 0 Å². The molecule has 0 fully saturated rings. The molecule has 0 bridgehead atoms. The maximum Gasteiger partial charge on any atom is 0.171 e. The fourth-order valence-corrected chi connectivity index (χ4v) is 9.58. The molecule has 0 amide bonds. The molecule has 3 nitrogen and oxygen atoms in total. The van der Waals surface area contributed by atoms with Crippen LogP contribution in [-0.4, -0.2) is 9.97 Å². The number of hydrogen-bond donors (Lipinski definition) is 0. The Bertz CT molecular complexity index is 1820. The summed E-state index contributed by atoms with van der Waals surface area (Å²) < 4.78 is 14.9. The number of benzene rings is 5. The predicted octanol–water partition coefficient (Wildman–Crippen LogP) is 7.55. The lowest BCUT2D eigenvalue weighted by Crippen LogP contribution is -2.25. The van der Waals surface area contributed by atoms with Gasteiger partial charge >= 0.3 is 0 Å². The monoisotopic (exact) mass is 544 g/mol. The maximum atomic E-state index is 14.9. The third-order valence-corrected chi connectivity index (χ3v) is 12.1. The molecule has 38 heavy (non-hydrogen) atoms. The molecule has 0 spiro atoms. The molecular weight excluding hydrogens is 523 g/mol. The van der Waals surface area contributed by atoms with Gasteiger partial charge in [0.25, 0.3) is 0 Å². The predicted molar refractivity (Wildman–Crippen MR) is 159 cm³/mol. The average Bonchev–Trinajstić information content (AvgIpc) is 2.99. The Labute approximate surface area is 229 Å². The summed E-state index contributed by atoms with van der Waals surface area (Å²) in [5, 5.41) is 4.38. The summed E-state index contributed by atoms with van der Waals surface area (Å²) in [5.74, 6) is 0. The van der Waals surface area contributed by atoms with Crippen molar-refractivity contribution in [2.45, 2.75) is 19.8 Å². The van der Waals surface area contributed by atoms with E-state index in [4.69, 9.17) is 9.97 Å². The molecule has 1 aliphatic rings. The lowest BCUT2D eigenvalue weighted by Gasteiger charge is -2.21. The van der Waals surface area contributed by atoms with Gasteiger partial charge in [0.2, 0.25) is 0 Å². The Hall–Kier alpha value is -3.63. The van der Waals surface area contributed by atoms with E-state index in [2.05, 4.69) is 30.3 Å². The van der Waals surface area contributed by atoms with Crippen LogP contribution in [0.1, 0.15) is 0 Å². The van der Waals surface area contributed by atoms with Crippen LogP contribution >= 0.6 is 30.7 Å². The third-order valence-electron chi connectivity index (χ3n) is 6.65. The van der Waals surface area contributed by atoms with E-state index in [9.17, 15) is 4.57 Å². The number of hydrogen-bond acceptors (Lipinski definition) is 5. The molecule has 182 valence electrons. The lowest BCUT2D eigenvalue weighted by atomic mass is 10.1. The SMILES string of the molecule is O=P(c1ccccc1)(c1ccccc1)c1cccc(-c2ccc3c(c2)Sc2nc4ccccc4nc2S3)c1. The molecule has 1 aromatic heterocycles. The molecule has 0 saturated carbocycles. The van der Waals surface area contributed by atoms with Gasteiger partial charge in [0.05, 0.1) is 11.0 Å². The molecule has 0 aliphatic carbocycles. The first kappa shape index (κ1) is 23.5. The number of aromatic nitrogens is 2. The largest absolute Gasteiger partial charge is 0.309 e. The number of fused-ring (bicyclic) bond motifs is 3. The Morgan fingerprint density at radius 2 is 1.00 bits per heavy atom. The molecule has 0 N–H and O–H groups in total. The average molecular weight is 545 g/mol. The summed E-state index contributed by atoms with van der Waals surface area (Å²) in [4.78, 5) is 12.0. The zero-order valence-electron chi connectivity index (χ0n) is 20.2. The molecule has 0 saturated heterocycles. The maximum absolute atomic E-state index is 14.9. The highest BCUT2D eigenvalue weighted by molar-refractivity contribution is 8.05. The van der Waals surface area contributed by atoms with Gasteiger partial charge in [0.15, 0.2) is 7.14 Å². The summed E-state index contributed by atoms with van der Waals surface area (Å²) in [6.45, 7) is 0. The molecule has 6 heteroatoms. The van der Waals surface area contributed by atoms with E-state index >= 15 is 0 Å². The quantitative estimate of drug-likeness (QED) is 0.214. The zero-order chi connectivity index (χ0) is 25.5. The smallest absolute Gasteiger partial charge is 0.171 e. The molecule has 6 aromatic rings.